The number of carbonyl (C=O) groups excluding carboxylic acids is 1. The van der Waals surface area contributed by atoms with Gasteiger partial charge in [0.05, 0.1) is 7.11 Å². The quantitative estimate of drug-likeness (QED) is 0.670. The van der Waals surface area contributed by atoms with Crippen molar-refractivity contribution in [2.45, 2.75) is 49.5 Å². The molecule has 3 unspecified atom stereocenters. The first-order valence-electron chi connectivity index (χ1n) is 7.24. The Morgan fingerprint density at radius 2 is 2.05 bits per heavy atom. The van der Waals surface area contributed by atoms with Crippen LogP contribution in [0.25, 0.3) is 0 Å². The second-order valence-corrected chi connectivity index (χ2v) is 12.8. The van der Waals surface area contributed by atoms with Crippen molar-refractivity contribution < 1.29 is 14.6 Å². The number of aromatic hydroxyl groups is 1. The van der Waals surface area contributed by atoms with Gasteiger partial charge in [0.15, 0.2) is 0 Å². The van der Waals surface area contributed by atoms with Crippen molar-refractivity contribution in [1.29, 1.82) is 0 Å². The van der Waals surface area contributed by atoms with Gasteiger partial charge in [0.2, 0.25) is 0 Å². The third-order valence-electron chi connectivity index (χ3n) is 5.03. The van der Waals surface area contributed by atoms with Gasteiger partial charge in [-0.05, 0) is 18.4 Å². The topological polar surface area (TPSA) is 68.5 Å². The molecule has 0 amide bonds. The van der Waals surface area contributed by atoms with Gasteiger partial charge in [-0.1, -0.05) is 19.6 Å². The van der Waals surface area contributed by atoms with Crippen LogP contribution in [-0.2, 0) is 14.9 Å². The number of esters is 1. The highest BCUT2D eigenvalue weighted by atomic mass is 28.3. The average molecular weight is 307 g/mol. The van der Waals surface area contributed by atoms with E-state index in [4.69, 9.17) is 4.74 Å². The van der Waals surface area contributed by atoms with E-state index in [1.165, 1.54) is 17.7 Å². The minimum atomic E-state index is -1.39. The molecule has 1 aliphatic heterocycles. The Hall–Kier alpha value is -1.56. The Morgan fingerprint density at radius 1 is 1.38 bits per heavy atom. The van der Waals surface area contributed by atoms with Crippen molar-refractivity contribution in [1.82, 2.24) is 4.57 Å². The largest absolute Gasteiger partial charge is 0.508 e. The first-order valence-corrected chi connectivity index (χ1v) is 10.8. The maximum atomic E-state index is 12.2. The molecule has 0 radical (unpaired) electrons. The molecular formula is C15H21NO4Si. The Bertz CT molecular complexity index is 675. The molecule has 0 bridgehead atoms. The molecule has 1 aromatic heterocycles. The van der Waals surface area contributed by atoms with Crippen LogP contribution in [0.5, 0.6) is 5.75 Å². The zero-order valence-electron chi connectivity index (χ0n) is 12.8. The standard InChI is InChI=1S/C15H21NO4Si/c1-20-14(19)10-7-15(8-12(15)21(2,3)4)11-5-9(17)6-13(18)16(10)11/h5-6,10,12,17H,7-8H2,1-4H3. The van der Waals surface area contributed by atoms with Crippen LogP contribution in [0.4, 0.5) is 0 Å². The second kappa shape index (κ2) is 4.22. The molecule has 3 atom stereocenters. The van der Waals surface area contributed by atoms with Crippen molar-refractivity contribution in [3.8, 4) is 5.75 Å². The summed E-state index contributed by atoms with van der Waals surface area (Å²) in [5.74, 6) is -0.389. The zero-order chi connectivity index (χ0) is 15.6. The number of carbonyl (C=O) groups is 1. The van der Waals surface area contributed by atoms with Gasteiger partial charge in [0, 0.05) is 31.3 Å². The normalized spacial score (nSPS) is 30.3. The number of ether oxygens (including phenoxy) is 1. The molecule has 1 aliphatic carbocycles. The molecule has 2 heterocycles. The Kier molecular flexibility index (Phi) is 2.89. The predicted molar refractivity (Wildman–Crippen MR) is 81.4 cm³/mol. The van der Waals surface area contributed by atoms with Crippen LogP contribution < -0.4 is 5.56 Å². The molecule has 1 fully saturated rings. The third kappa shape index (κ3) is 1.96. The first kappa shape index (κ1) is 14.4. The molecule has 1 N–H and O–H groups in total. The van der Waals surface area contributed by atoms with Crippen LogP contribution in [0.3, 0.4) is 0 Å². The van der Waals surface area contributed by atoms with Crippen molar-refractivity contribution in [2.24, 2.45) is 0 Å². The van der Waals surface area contributed by atoms with Crippen LogP contribution in [0.1, 0.15) is 24.6 Å². The van der Waals surface area contributed by atoms with E-state index >= 15 is 0 Å². The highest BCUT2D eigenvalue weighted by molar-refractivity contribution is 6.78. The summed E-state index contributed by atoms with van der Waals surface area (Å²) in [4.78, 5) is 24.3. The van der Waals surface area contributed by atoms with E-state index in [9.17, 15) is 14.7 Å². The molecule has 6 heteroatoms. The van der Waals surface area contributed by atoms with Gasteiger partial charge in [0.25, 0.3) is 5.56 Å². The number of hydrogen-bond donors (Lipinski definition) is 1. The summed E-state index contributed by atoms with van der Waals surface area (Å²) in [5.41, 5.74) is 0.905. The fourth-order valence-corrected chi connectivity index (χ4v) is 6.99. The Morgan fingerprint density at radius 3 is 2.57 bits per heavy atom. The summed E-state index contributed by atoms with van der Waals surface area (Å²) < 4.78 is 6.40. The van der Waals surface area contributed by atoms with Gasteiger partial charge in [0.1, 0.15) is 11.8 Å². The molecule has 1 aromatic rings. The summed E-state index contributed by atoms with van der Waals surface area (Å²) >= 11 is 0. The number of pyridine rings is 1. The van der Waals surface area contributed by atoms with Gasteiger partial charge in [-0.2, -0.15) is 0 Å². The molecule has 1 saturated carbocycles. The molecule has 5 nitrogen and oxygen atoms in total. The van der Waals surface area contributed by atoms with E-state index < -0.39 is 14.1 Å². The van der Waals surface area contributed by atoms with E-state index in [-0.39, 0.29) is 22.7 Å². The van der Waals surface area contributed by atoms with Crippen molar-refractivity contribution >= 4 is 14.0 Å². The van der Waals surface area contributed by atoms with Crippen LogP contribution in [0.15, 0.2) is 16.9 Å². The van der Waals surface area contributed by atoms with Crippen molar-refractivity contribution in [3.05, 3.63) is 28.2 Å². The number of hydrogen-bond acceptors (Lipinski definition) is 4. The summed E-state index contributed by atoms with van der Waals surface area (Å²) in [6.45, 7) is 6.93. The minimum Gasteiger partial charge on any atom is -0.508 e. The Labute approximate surface area is 124 Å². The fourth-order valence-electron chi connectivity index (χ4n) is 4.09. The van der Waals surface area contributed by atoms with Gasteiger partial charge in [-0.25, -0.2) is 4.79 Å². The highest BCUT2D eigenvalue weighted by Crippen LogP contribution is 2.69. The molecule has 1 spiro atoms. The minimum absolute atomic E-state index is 0.0163. The molecule has 0 aromatic carbocycles. The lowest BCUT2D eigenvalue weighted by Gasteiger charge is -2.20. The zero-order valence-corrected chi connectivity index (χ0v) is 13.8. The maximum Gasteiger partial charge on any atom is 0.329 e. The Balaban J connectivity index is 2.15. The van der Waals surface area contributed by atoms with Crippen LogP contribution >= 0.6 is 0 Å². The van der Waals surface area contributed by atoms with Gasteiger partial charge in [-0.3, -0.25) is 9.36 Å². The van der Waals surface area contributed by atoms with E-state index in [1.807, 2.05) is 0 Å². The van der Waals surface area contributed by atoms with Gasteiger partial charge >= 0.3 is 5.97 Å². The molecule has 3 rings (SSSR count). The third-order valence-corrected chi connectivity index (χ3v) is 7.87. The van der Waals surface area contributed by atoms with E-state index in [0.717, 1.165) is 12.1 Å². The highest BCUT2D eigenvalue weighted by Gasteiger charge is 2.66. The lowest BCUT2D eigenvalue weighted by molar-refractivity contribution is -0.144. The van der Waals surface area contributed by atoms with Crippen molar-refractivity contribution in [3.63, 3.8) is 0 Å². The summed E-state index contributed by atoms with van der Waals surface area (Å²) in [6, 6.07) is 2.27. The molecule has 0 saturated heterocycles. The fraction of sp³-hybridized carbons (Fsp3) is 0.600. The van der Waals surface area contributed by atoms with Crippen LogP contribution in [0, 0.1) is 0 Å². The predicted octanol–water partition coefficient (Wildman–Crippen LogP) is 2.02. The SMILES string of the molecule is COC(=O)C1CC2(CC2[Si](C)(C)C)c2cc(O)cc(=O)n21. The number of methoxy groups -OCH3 is 1. The molecule has 21 heavy (non-hydrogen) atoms. The van der Waals surface area contributed by atoms with E-state index in [1.54, 1.807) is 6.07 Å². The summed E-state index contributed by atoms with van der Waals surface area (Å²) in [7, 11) is -0.0392. The van der Waals surface area contributed by atoms with E-state index in [2.05, 4.69) is 19.6 Å². The summed E-state index contributed by atoms with van der Waals surface area (Å²) in [5, 5.41) is 9.79. The van der Waals surface area contributed by atoms with Gasteiger partial charge in [-0.15, -0.1) is 0 Å². The number of rotatable bonds is 2. The smallest absolute Gasteiger partial charge is 0.329 e. The summed E-state index contributed by atoms with van der Waals surface area (Å²) in [6.07, 6.45) is 1.62. The number of fused-ring (bicyclic) bond motifs is 2. The van der Waals surface area contributed by atoms with E-state index in [0.29, 0.717) is 12.0 Å². The van der Waals surface area contributed by atoms with Crippen LogP contribution in [-0.4, -0.2) is 30.8 Å². The molecule has 2 aliphatic rings. The lowest BCUT2D eigenvalue weighted by atomic mass is 9.98. The lowest BCUT2D eigenvalue weighted by Crippen LogP contribution is -2.27. The average Bonchev–Trinajstić information content (AvgIpc) is 3.02. The monoisotopic (exact) mass is 307 g/mol. The van der Waals surface area contributed by atoms with Crippen molar-refractivity contribution in [2.75, 3.05) is 7.11 Å². The van der Waals surface area contributed by atoms with Crippen LogP contribution in [0.2, 0.25) is 25.2 Å². The molecular weight excluding hydrogens is 286 g/mol. The maximum absolute atomic E-state index is 12.2. The second-order valence-electron chi connectivity index (χ2n) is 7.33. The van der Waals surface area contributed by atoms with Gasteiger partial charge < -0.3 is 9.84 Å². The first-order chi connectivity index (χ1) is 9.70. The molecule has 114 valence electrons. The number of nitrogens with zero attached hydrogens (tertiary/aromatic N) is 1. The number of aromatic nitrogens is 1.